The van der Waals surface area contributed by atoms with E-state index >= 15 is 0 Å². The van der Waals surface area contributed by atoms with Crippen LogP contribution in [0.25, 0.3) is 83.0 Å². The van der Waals surface area contributed by atoms with Gasteiger partial charge in [-0.05, 0) is 97.7 Å². The molecule has 0 fully saturated rings. The highest BCUT2D eigenvalue weighted by Gasteiger charge is 2.20. The van der Waals surface area contributed by atoms with Gasteiger partial charge in [-0.25, -0.2) is 24.9 Å². The largest absolute Gasteiger partial charge is 0.457 e. The molecule has 0 aliphatic heterocycles. The van der Waals surface area contributed by atoms with Crippen molar-refractivity contribution in [2.45, 2.75) is 13.8 Å². The lowest BCUT2D eigenvalue weighted by Crippen LogP contribution is -2.01. The lowest BCUT2D eigenvalue weighted by Gasteiger charge is -2.11. The second-order valence-electron chi connectivity index (χ2n) is 14.9. The van der Waals surface area contributed by atoms with E-state index in [0.29, 0.717) is 45.7 Å². The topological polar surface area (TPSA) is 97.7 Å². The summed E-state index contributed by atoms with van der Waals surface area (Å²) < 4.78 is 45.4. The number of pyridine rings is 2. The van der Waals surface area contributed by atoms with Gasteiger partial charge in [0.15, 0.2) is 0 Å². The number of fused-ring (bicyclic) bond motifs is 9. The molecule has 0 radical (unpaired) electrons. The molecule has 0 unspecified atom stereocenters. The Morgan fingerprint density at radius 3 is 1.44 bits per heavy atom. The van der Waals surface area contributed by atoms with Gasteiger partial charge in [0.1, 0.15) is 47.3 Å². The summed E-state index contributed by atoms with van der Waals surface area (Å²) in [6.07, 6.45) is 6.46. The Hall–Kier alpha value is -8.37. The molecular weight excluding hydrogens is 757 g/mol. The maximum Gasteiger partial charge on any atom is 0.237 e. The minimum atomic E-state index is -2.44. The van der Waals surface area contributed by atoms with Crippen LogP contribution in [0.2, 0.25) is 0 Å². The zero-order chi connectivity index (χ0) is 43.1. The van der Waals surface area contributed by atoms with Crippen molar-refractivity contribution in [1.82, 2.24) is 38.6 Å². The average Bonchev–Trinajstić information content (AvgIpc) is 3.94. The molecule has 0 atom stereocenters. The van der Waals surface area contributed by atoms with Crippen LogP contribution >= 0.6 is 0 Å². The normalized spacial score (nSPS) is 12.7. The van der Waals surface area contributed by atoms with E-state index in [0.717, 1.165) is 65.9 Å². The molecule has 6 heterocycles. The van der Waals surface area contributed by atoms with Crippen molar-refractivity contribution >= 4 is 65.4 Å². The summed E-state index contributed by atoms with van der Waals surface area (Å²) >= 11 is 0. The van der Waals surface area contributed by atoms with Crippen LogP contribution in [-0.2, 0) is 0 Å². The fraction of sp³-hybridized carbons (Fsp3) is 0.0392. The number of aromatic nitrogens is 8. The molecule has 0 aliphatic rings. The van der Waals surface area contributed by atoms with E-state index in [4.69, 9.17) is 18.6 Å². The van der Waals surface area contributed by atoms with Gasteiger partial charge in [0.05, 0.1) is 33.1 Å². The Labute approximate surface area is 352 Å². The summed E-state index contributed by atoms with van der Waals surface area (Å²) in [4.78, 5) is 22.6. The zero-order valence-corrected chi connectivity index (χ0v) is 32.6. The summed E-state index contributed by atoms with van der Waals surface area (Å²) in [7, 11) is 0. The Balaban J connectivity index is 0.986. The third-order valence-electron chi connectivity index (χ3n) is 11.3. The summed E-state index contributed by atoms with van der Waals surface area (Å²) in [6, 6.07) is 47.1. The minimum Gasteiger partial charge on any atom is -0.457 e. The van der Waals surface area contributed by atoms with Gasteiger partial charge in [0, 0.05) is 73.1 Å². The lowest BCUT2D eigenvalue weighted by atomic mass is 10.1. The van der Waals surface area contributed by atoms with Crippen LogP contribution in [0.15, 0.2) is 171 Å². The van der Waals surface area contributed by atoms with Crippen molar-refractivity contribution in [3.05, 3.63) is 182 Å². The predicted molar refractivity (Wildman–Crippen MR) is 241 cm³/mol. The Kier molecular flexibility index (Phi) is 7.05. The van der Waals surface area contributed by atoms with E-state index < -0.39 is 6.85 Å². The van der Waals surface area contributed by atoms with Crippen molar-refractivity contribution in [2.24, 2.45) is 0 Å². The molecule has 0 aliphatic carbocycles. The average molecular weight is 794 g/mol. The van der Waals surface area contributed by atoms with Crippen molar-refractivity contribution in [3.8, 4) is 40.6 Å². The quantitative estimate of drug-likeness (QED) is 0.158. The first-order valence-electron chi connectivity index (χ1n) is 21.3. The summed E-state index contributed by atoms with van der Waals surface area (Å²) in [5.74, 6) is 4.05. The molecule has 12 rings (SSSR count). The van der Waals surface area contributed by atoms with E-state index in [-0.39, 0.29) is 5.56 Å². The number of hydrogen-bond acceptors (Lipinski definition) is 7. The van der Waals surface area contributed by atoms with Gasteiger partial charge in [-0.2, -0.15) is 0 Å². The summed E-state index contributed by atoms with van der Waals surface area (Å²) in [6.45, 7) is -0.332. The molecule has 10 heteroatoms. The van der Waals surface area contributed by atoms with Crippen LogP contribution in [0.3, 0.4) is 0 Å². The maximum absolute atomic E-state index is 8.63. The third-order valence-corrected chi connectivity index (χ3v) is 11.3. The highest BCUT2D eigenvalue weighted by atomic mass is 16.5. The van der Waals surface area contributed by atoms with E-state index in [2.05, 4.69) is 61.8 Å². The smallest absolute Gasteiger partial charge is 0.237 e. The van der Waals surface area contributed by atoms with Gasteiger partial charge in [-0.15, -0.1) is 0 Å². The Bertz CT molecular complexity index is 3790. The second-order valence-corrected chi connectivity index (χ2v) is 14.9. The van der Waals surface area contributed by atoms with Crippen LogP contribution < -0.4 is 9.47 Å². The first kappa shape index (κ1) is 31.6. The van der Waals surface area contributed by atoms with Gasteiger partial charge in [-0.1, -0.05) is 48.5 Å². The van der Waals surface area contributed by atoms with Gasteiger partial charge < -0.3 is 9.47 Å². The molecule has 6 aromatic carbocycles. The molecule has 10 nitrogen and oxygen atoms in total. The highest BCUT2D eigenvalue weighted by Crippen LogP contribution is 2.41. The third kappa shape index (κ3) is 5.53. The highest BCUT2D eigenvalue weighted by molar-refractivity contribution is 6.13. The van der Waals surface area contributed by atoms with Crippen LogP contribution in [0, 0.1) is 13.8 Å². The van der Waals surface area contributed by atoms with Crippen molar-refractivity contribution in [3.63, 3.8) is 0 Å². The monoisotopic (exact) mass is 793 g/mol. The molecule has 0 saturated heterocycles. The van der Waals surface area contributed by atoms with Gasteiger partial charge in [0.2, 0.25) is 5.95 Å². The number of aryl methyl sites for hydroxylation is 2. The zero-order valence-electron chi connectivity index (χ0n) is 35.6. The van der Waals surface area contributed by atoms with Crippen molar-refractivity contribution < 1.29 is 13.6 Å². The molecule has 0 amide bonds. The second kappa shape index (κ2) is 13.6. The number of ether oxygens (including phenoxy) is 2. The van der Waals surface area contributed by atoms with Crippen molar-refractivity contribution in [2.75, 3.05) is 0 Å². The van der Waals surface area contributed by atoms with E-state index in [1.807, 2.05) is 118 Å². The van der Waals surface area contributed by atoms with Crippen molar-refractivity contribution in [1.29, 1.82) is 0 Å². The SMILES string of the molecule is [2H]C([2H])([2H])c1cc(Oc2ccc3c4ccc(Oc5cc(C)c6c7ccccc7n(-c7ccccn7)c6c5)cc4n(-c4ncncn4)c3c2)cc2c1c1ccccc1n2-c1ccccn1. The molecule has 0 saturated carbocycles. The molecule has 0 N–H and O–H groups in total. The molecule has 290 valence electrons. The fourth-order valence-corrected chi connectivity index (χ4v) is 8.87. The predicted octanol–water partition coefficient (Wildman–Crippen LogP) is 12.2. The first-order valence-corrected chi connectivity index (χ1v) is 19.8. The summed E-state index contributed by atoms with van der Waals surface area (Å²) in [5.41, 5.74) is 6.41. The van der Waals surface area contributed by atoms with E-state index in [1.54, 1.807) is 18.5 Å². The first-order chi connectivity index (χ1) is 31.3. The van der Waals surface area contributed by atoms with Crippen LogP contribution in [-0.4, -0.2) is 38.6 Å². The van der Waals surface area contributed by atoms with Gasteiger partial charge >= 0.3 is 0 Å². The number of benzene rings is 6. The number of hydrogen-bond donors (Lipinski definition) is 0. The van der Waals surface area contributed by atoms with Crippen LogP contribution in [0.5, 0.6) is 23.0 Å². The Morgan fingerprint density at radius 1 is 0.426 bits per heavy atom. The molecule has 0 bridgehead atoms. The molecule has 6 aromatic heterocycles. The standard InChI is InChI=1S/C51H34N8O2/c1-31-23-35(27-45-49(31)39-11-3-5-13-41(39)57(45)47-15-7-9-21-53-47)60-33-17-19-37-38-20-18-34(26-44(38)59(43(37)25-33)51-55-29-52-30-56-51)61-36-24-32(2)50-40-12-4-6-14-42(40)58(46(50)28-36)48-16-8-10-22-54-48/h3-30H,1-2H3/i1D3. The number of para-hydroxylation sites is 2. The number of rotatable bonds is 7. The fourth-order valence-electron chi connectivity index (χ4n) is 8.87. The molecule has 0 spiro atoms. The van der Waals surface area contributed by atoms with E-state index in [1.165, 1.54) is 12.7 Å². The molecular formula is C51H34N8O2. The van der Waals surface area contributed by atoms with Gasteiger partial charge in [0.25, 0.3) is 0 Å². The van der Waals surface area contributed by atoms with E-state index in [9.17, 15) is 0 Å². The van der Waals surface area contributed by atoms with Crippen LogP contribution in [0.4, 0.5) is 0 Å². The lowest BCUT2D eigenvalue weighted by molar-refractivity contribution is 0.483. The maximum atomic E-state index is 8.63. The molecule has 12 aromatic rings. The summed E-state index contributed by atoms with van der Waals surface area (Å²) in [5, 5.41) is 5.60. The van der Waals surface area contributed by atoms with Gasteiger partial charge in [-0.3, -0.25) is 13.7 Å². The minimum absolute atomic E-state index is 0.186. The Morgan fingerprint density at radius 2 is 0.918 bits per heavy atom. The molecule has 61 heavy (non-hydrogen) atoms. The number of nitrogens with zero attached hydrogens (tertiary/aromatic N) is 8. The van der Waals surface area contributed by atoms with Crippen LogP contribution in [0.1, 0.15) is 15.2 Å².